The van der Waals surface area contributed by atoms with Gasteiger partial charge in [0.25, 0.3) is 5.69 Å². The molecule has 4 rings (SSSR count). The Bertz CT molecular complexity index is 1180. The Morgan fingerprint density at radius 1 is 1.09 bits per heavy atom. The summed E-state index contributed by atoms with van der Waals surface area (Å²) in [5.41, 5.74) is -1.13. The molecule has 1 atom stereocenters. The number of amides is 1. The molecule has 1 aliphatic heterocycles. The monoisotopic (exact) mass is 464 g/mol. The number of nitro benzene ring substituents is 1. The van der Waals surface area contributed by atoms with Gasteiger partial charge in [-0.1, -0.05) is 29.8 Å². The van der Waals surface area contributed by atoms with Gasteiger partial charge in [-0.25, -0.2) is 0 Å². The van der Waals surface area contributed by atoms with E-state index in [0.29, 0.717) is 34.7 Å². The Labute approximate surface area is 185 Å². The van der Waals surface area contributed by atoms with Crippen LogP contribution < -0.4 is 4.90 Å². The summed E-state index contributed by atoms with van der Waals surface area (Å²) in [5.74, 6) is -1.38. The van der Waals surface area contributed by atoms with E-state index in [9.17, 15) is 32.9 Å². The molecule has 0 fully saturated rings. The van der Waals surface area contributed by atoms with Gasteiger partial charge in [0.05, 0.1) is 10.5 Å². The van der Waals surface area contributed by atoms with Crippen LogP contribution in [-0.4, -0.2) is 16.6 Å². The number of carbonyl (C=O) groups is 2. The Morgan fingerprint density at radius 2 is 1.81 bits per heavy atom. The first-order valence-electron chi connectivity index (χ1n) is 9.79. The largest absolute Gasteiger partial charge is 0.416 e. The first-order valence-corrected chi connectivity index (χ1v) is 10.2. The van der Waals surface area contributed by atoms with Gasteiger partial charge in [0.1, 0.15) is 5.69 Å². The predicted octanol–water partition coefficient (Wildman–Crippen LogP) is 5.79. The number of carbonyl (C=O) groups excluding carboxylic acids is 2. The summed E-state index contributed by atoms with van der Waals surface area (Å²) >= 11 is 6.31. The lowest BCUT2D eigenvalue weighted by molar-refractivity contribution is -0.384. The molecule has 10 heteroatoms. The molecular formula is C22H16ClF3N2O4. The zero-order valence-corrected chi connectivity index (χ0v) is 17.2. The second-order valence-electron chi connectivity index (χ2n) is 7.60. The summed E-state index contributed by atoms with van der Waals surface area (Å²) in [4.78, 5) is 37.8. The molecule has 2 aliphatic rings. The van der Waals surface area contributed by atoms with E-state index in [4.69, 9.17) is 11.6 Å². The minimum Gasteiger partial charge on any atom is -0.294 e. The molecule has 0 radical (unpaired) electrons. The number of ketones is 1. The van der Waals surface area contributed by atoms with Crippen LogP contribution in [-0.2, 0) is 15.8 Å². The van der Waals surface area contributed by atoms with Crippen LogP contribution in [0.25, 0.3) is 0 Å². The number of allylic oxidation sites excluding steroid dienone is 2. The summed E-state index contributed by atoms with van der Waals surface area (Å²) < 4.78 is 39.3. The number of benzene rings is 2. The molecular weight excluding hydrogens is 449 g/mol. The summed E-state index contributed by atoms with van der Waals surface area (Å²) in [6.07, 6.45) is -4.02. The molecule has 0 aromatic heterocycles. The number of nitrogens with zero attached hydrogens (tertiary/aromatic N) is 2. The van der Waals surface area contributed by atoms with Crippen LogP contribution in [0.2, 0.25) is 5.02 Å². The minimum atomic E-state index is -4.78. The Kier molecular flexibility index (Phi) is 5.54. The van der Waals surface area contributed by atoms with Gasteiger partial charge in [0.2, 0.25) is 5.91 Å². The van der Waals surface area contributed by atoms with E-state index in [1.807, 2.05) is 0 Å². The Balaban J connectivity index is 1.91. The van der Waals surface area contributed by atoms with Crippen molar-refractivity contribution in [3.63, 3.8) is 0 Å². The number of nitro groups is 1. The standard InChI is InChI=1S/C22H16ClF3N2O4/c23-15-5-2-1-4-13(15)14-11-20(30)27(17-6-3-7-19(29)21(14)17)16-9-8-12(22(24,25)26)10-18(16)28(31)32/h1-2,4-5,8-10,14H,3,6-7,11H2. The van der Waals surface area contributed by atoms with Crippen molar-refractivity contribution in [2.45, 2.75) is 37.8 Å². The zero-order valence-electron chi connectivity index (χ0n) is 16.5. The third-order valence-corrected chi connectivity index (χ3v) is 6.04. The molecule has 6 nitrogen and oxygen atoms in total. The van der Waals surface area contributed by atoms with E-state index in [1.54, 1.807) is 24.3 Å². The second-order valence-corrected chi connectivity index (χ2v) is 8.01. The maximum Gasteiger partial charge on any atom is 0.416 e. The van der Waals surface area contributed by atoms with Gasteiger partial charge in [-0.3, -0.25) is 24.6 Å². The van der Waals surface area contributed by atoms with Crippen molar-refractivity contribution in [1.82, 2.24) is 0 Å². The highest BCUT2D eigenvalue weighted by molar-refractivity contribution is 6.31. The van der Waals surface area contributed by atoms with Crippen molar-refractivity contribution in [2.24, 2.45) is 0 Å². The zero-order chi connectivity index (χ0) is 23.2. The lowest BCUT2D eigenvalue weighted by Crippen LogP contribution is -2.41. The molecule has 32 heavy (non-hydrogen) atoms. The fourth-order valence-corrected chi connectivity index (χ4v) is 4.60. The van der Waals surface area contributed by atoms with Gasteiger partial charge in [-0.15, -0.1) is 0 Å². The Morgan fingerprint density at radius 3 is 2.47 bits per heavy atom. The summed E-state index contributed by atoms with van der Waals surface area (Å²) in [7, 11) is 0. The number of Topliss-reactive ketones (excluding diaryl/α,β-unsaturated/α-hetero) is 1. The van der Waals surface area contributed by atoms with Crippen LogP contribution in [0.5, 0.6) is 0 Å². The first-order chi connectivity index (χ1) is 15.1. The summed E-state index contributed by atoms with van der Waals surface area (Å²) in [6, 6.07) is 8.82. The highest BCUT2D eigenvalue weighted by Gasteiger charge is 2.43. The molecule has 0 spiro atoms. The predicted molar refractivity (Wildman–Crippen MR) is 110 cm³/mol. The number of alkyl halides is 3. The van der Waals surface area contributed by atoms with Crippen LogP contribution in [0.15, 0.2) is 53.7 Å². The smallest absolute Gasteiger partial charge is 0.294 e. The Hall–Kier alpha value is -3.20. The van der Waals surface area contributed by atoms with Gasteiger partial charge in [-0.05, 0) is 36.6 Å². The van der Waals surface area contributed by atoms with Crippen molar-refractivity contribution < 1.29 is 27.7 Å². The highest BCUT2D eigenvalue weighted by atomic mass is 35.5. The number of anilines is 1. The summed E-state index contributed by atoms with van der Waals surface area (Å²) in [5, 5.41) is 12.0. The topological polar surface area (TPSA) is 80.5 Å². The van der Waals surface area contributed by atoms with Gasteiger partial charge in [-0.2, -0.15) is 13.2 Å². The number of hydrogen-bond donors (Lipinski definition) is 0. The fourth-order valence-electron chi connectivity index (χ4n) is 4.33. The molecule has 1 amide bonds. The molecule has 1 aliphatic carbocycles. The minimum absolute atomic E-state index is 0.188. The second kappa shape index (κ2) is 8.05. The number of halogens is 4. The molecule has 0 saturated carbocycles. The van der Waals surface area contributed by atoms with E-state index < -0.39 is 34.2 Å². The highest BCUT2D eigenvalue weighted by Crippen LogP contribution is 2.47. The number of rotatable bonds is 3. The molecule has 1 heterocycles. The first kappa shape index (κ1) is 22.0. The van der Waals surface area contributed by atoms with Gasteiger partial charge < -0.3 is 0 Å². The SMILES string of the molecule is O=C1CCCC2=C1C(c1ccccc1Cl)CC(=O)N2c1ccc(C(F)(F)F)cc1[N+](=O)[O-]. The molecule has 0 N–H and O–H groups in total. The lowest BCUT2D eigenvalue weighted by atomic mass is 9.77. The summed E-state index contributed by atoms with van der Waals surface area (Å²) in [6.45, 7) is 0. The normalized spacial score (nSPS) is 19.2. The average molecular weight is 465 g/mol. The van der Waals surface area contributed by atoms with Crippen LogP contribution >= 0.6 is 11.6 Å². The van der Waals surface area contributed by atoms with Crippen LogP contribution in [0.4, 0.5) is 24.5 Å². The average Bonchev–Trinajstić information content (AvgIpc) is 2.72. The maximum absolute atomic E-state index is 13.2. The van der Waals surface area contributed by atoms with E-state index in [0.717, 1.165) is 11.0 Å². The van der Waals surface area contributed by atoms with Gasteiger partial charge >= 0.3 is 6.18 Å². The van der Waals surface area contributed by atoms with Crippen molar-refractivity contribution in [3.8, 4) is 0 Å². The van der Waals surface area contributed by atoms with Crippen LogP contribution in [0.3, 0.4) is 0 Å². The van der Waals surface area contributed by atoms with E-state index in [-0.39, 0.29) is 36.4 Å². The van der Waals surface area contributed by atoms with E-state index >= 15 is 0 Å². The van der Waals surface area contributed by atoms with E-state index in [1.165, 1.54) is 0 Å². The van der Waals surface area contributed by atoms with Crippen LogP contribution in [0.1, 0.15) is 42.7 Å². The molecule has 0 saturated heterocycles. The van der Waals surface area contributed by atoms with Crippen molar-refractivity contribution >= 4 is 34.7 Å². The lowest BCUT2D eigenvalue weighted by Gasteiger charge is -2.38. The third kappa shape index (κ3) is 3.77. The van der Waals surface area contributed by atoms with Crippen molar-refractivity contribution in [3.05, 3.63) is 80.0 Å². The molecule has 1 unspecified atom stereocenters. The maximum atomic E-state index is 13.2. The van der Waals surface area contributed by atoms with Crippen molar-refractivity contribution in [1.29, 1.82) is 0 Å². The molecule has 2 aromatic carbocycles. The molecule has 166 valence electrons. The number of hydrogen-bond acceptors (Lipinski definition) is 4. The molecule has 0 bridgehead atoms. The van der Waals surface area contributed by atoms with Crippen LogP contribution in [0, 0.1) is 10.1 Å². The fraction of sp³-hybridized carbons (Fsp3) is 0.273. The molecule has 2 aromatic rings. The van der Waals surface area contributed by atoms with Crippen molar-refractivity contribution in [2.75, 3.05) is 4.90 Å². The third-order valence-electron chi connectivity index (χ3n) is 5.70. The van der Waals surface area contributed by atoms with E-state index in [2.05, 4.69) is 0 Å². The van der Waals surface area contributed by atoms with Gasteiger partial charge in [0, 0.05) is 41.1 Å². The van der Waals surface area contributed by atoms with Gasteiger partial charge in [0.15, 0.2) is 5.78 Å². The quantitative estimate of drug-likeness (QED) is 0.425.